The first-order valence-corrected chi connectivity index (χ1v) is 4.34. The third-order valence-electron chi connectivity index (χ3n) is 1.61. The zero-order valence-electron chi connectivity index (χ0n) is 7.39. The second-order valence-corrected chi connectivity index (χ2v) is 3.15. The Hall–Kier alpha value is -1.35. The molecular weight excluding hydrogens is 205 g/mol. The molecule has 0 radical (unpaired) electrons. The van der Waals surface area contributed by atoms with Crippen molar-refractivity contribution in [2.45, 2.75) is 6.54 Å². The van der Waals surface area contributed by atoms with Crippen LogP contribution in [0.25, 0.3) is 0 Å². The van der Waals surface area contributed by atoms with Crippen LogP contribution in [0.3, 0.4) is 0 Å². The molecule has 1 rings (SSSR count). The molecule has 0 bridgehead atoms. The Morgan fingerprint density at radius 1 is 1.43 bits per heavy atom. The van der Waals surface area contributed by atoms with E-state index in [2.05, 4.69) is 11.9 Å². The van der Waals surface area contributed by atoms with Gasteiger partial charge in [-0.3, -0.25) is 4.79 Å². The quantitative estimate of drug-likeness (QED) is 0.768. The molecule has 0 atom stereocenters. The maximum Gasteiger partial charge on any atom is 0.279 e. The summed E-state index contributed by atoms with van der Waals surface area (Å²) in [7, 11) is 0. The molecule has 0 aromatic heterocycles. The van der Waals surface area contributed by atoms with Gasteiger partial charge in [0.05, 0.1) is 0 Å². The van der Waals surface area contributed by atoms with Gasteiger partial charge in [-0.25, -0.2) is 4.39 Å². The lowest BCUT2D eigenvalue weighted by Gasteiger charge is -2.02. The summed E-state index contributed by atoms with van der Waals surface area (Å²) < 4.78 is 12.2. The molecule has 74 valence electrons. The topological polar surface area (TPSA) is 29.1 Å². The molecule has 1 N–H and O–H groups in total. The second kappa shape index (κ2) is 4.77. The molecule has 1 amide bonds. The van der Waals surface area contributed by atoms with Crippen LogP contribution in [-0.4, -0.2) is 5.91 Å². The van der Waals surface area contributed by atoms with E-state index in [1.54, 1.807) is 24.3 Å². The van der Waals surface area contributed by atoms with Crippen LogP contribution < -0.4 is 5.32 Å². The van der Waals surface area contributed by atoms with Crippen molar-refractivity contribution in [2.75, 3.05) is 0 Å². The van der Waals surface area contributed by atoms with Crippen molar-refractivity contribution in [3.8, 4) is 0 Å². The molecule has 14 heavy (non-hydrogen) atoms. The zero-order chi connectivity index (χ0) is 10.6. The van der Waals surface area contributed by atoms with Gasteiger partial charge in [0.1, 0.15) is 0 Å². The van der Waals surface area contributed by atoms with E-state index in [1.807, 2.05) is 0 Å². The number of carbonyl (C=O) groups excluding carboxylic acids is 1. The molecule has 4 heteroatoms. The van der Waals surface area contributed by atoms with Gasteiger partial charge in [-0.15, -0.1) is 0 Å². The van der Waals surface area contributed by atoms with Gasteiger partial charge < -0.3 is 5.32 Å². The van der Waals surface area contributed by atoms with E-state index in [0.29, 0.717) is 5.02 Å². The number of nitrogens with one attached hydrogen (secondary N) is 1. The molecule has 0 aliphatic carbocycles. The van der Waals surface area contributed by atoms with Gasteiger partial charge in [0.25, 0.3) is 5.91 Å². The Labute approximate surface area is 86.4 Å². The van der Waals surface area contributed by atoms with E-state index in [1.165, 1.54) is 0 Å². The minimum absolute atomic E-state index is 0.263. The molecule has 0 saturated heterocycles. The van der Waals surface area contributed by atoms with Gasteiger partial charge in [-0.2, -0.15) is 0 Å². The summed E-state index contributed by atoms with van der Waals surface area (Å²) in [5.74, 6) is -1.78. The highest BCUT2D eigenvalue weighted by molar-refractivity contribution is 6.30. The van der Waals surface area contributed by atoms with E-state index in [9.17, 15) is 9.18 Å². The third kappa shape index (κ3) is 3.18. The summed E-state index contributed by atoms with van der Waals surface area (Å²) in [6.07, 6.45) is 0. The molecule has 2 nitrogen and oxygen atoms in total. The lowest BCUT2D eigenvalue weighted by Crippen LogP contribution is -2.22. The van der Waals surface area contributed by atoms with Crippen molar-refractivity contribution >= 4 is 17.5 Å². The SMILES string of the molecule is C=C(F)C(=O)NCc1ccc(Cl)cc1. The predicted molar refractivity (Wildman–Crippen MR) is 53.5 cm³/mol. The standard InChI is InChI=1S/C10H9ClFNO/c1-7(12)10(14)13-6-8-2-4-9(11)5-3-8/h2-5H,1,6H2,(H,13,14). The van der Waals surface area contributed by atoms with Crippen LogP contribution in [0.2, 0.25) is 5.02 Å². The first-order valence-electron chi connectivity index (χ1n) is 3.96. The van der Waals surface area contributed by atoms with E-state index in [0.717, 1.165) is 5.56 Å². The van der Waals surface area contributed by atoms with Crippen molar-refractivity contribution in [1.29, 1.82) is 0 Å². The average molecular weight is 214 g/mol. The Morgan fingerprint density at radius 3 is 2.50 bits per heavy atom. The van der Waals surface area contributed by atoms with Gasteiger partial charge >= 0.3 is 0 Å². The first kappa shape index (κ1) is 10.7. The normalized spacial score (nSPS) is 9.57. The van der Waals surface area contributed by atoms with Crippen LogP contribution in [0, 0.1) is 0 Å². The zero-order valence-corrected chi connectivity index (χ0v) is 8.14. The van der Waals surface area contributed by atoms with Crippen LogP contribution in [0.1, 0.15) is 5.56 Å². The van der Waals surface area contributed by atoms with Crippen molar-refractivity contribution in [1.82, 2.24) is 5.32 Å². The molecule has 0 aliphatic heterocycles. The van der Waals surface area contributed by atoms with Crippen LogP contribution in [0.15, 0.2) is 36.7 Å². The van der Waals surface area contributed by atoms with Crippen molar-refractivity contribution in [2.24, 2.45) is 0 Å². The summed E-state index contributed by atoms with van der Waals surface area (Å²) in [5.41, 5.74) is 0.851. The Kier molecular flexibility index (Phi) is 3.65. The highest BCUT2D eigenvalue weighted by Gasteiger charge is 2.03. The molecule has 0 unspecified atom stereocenters. The van der Waals surface area contributed by atoms with Crippen LogP contribution >= 0.6 is 11.6 Å². The number of rotatable bonds is 3. The van der Waals surface area contributed by atoms with E-state index < -0.39 is 11.7 Å². The first-order chi connectivity index (χ1) is 6.59. The lowest BCUT2D eigenvalue weighted by atomic mass is 10.2. The van der Waals surface area contributed by atoms with Gasteiger partial charge in [-0.1, -0.05) is 30.3 Å². The van der Waals surface area contributed by atoms with E-state index in [-0.39, 0.29) is 6.54 Å². The molecule has 0 fully saturated rings. The second-order valence-electron chi connectivity index (χ2n) is 2.71. The van der Waals surface area contributed by atoms with Crippen LogP contribution in [0.4, 0.5) is 4.39 Å². The maximum absolute atomic E-state index is 12.2. The molecular formula is C10H9ClFNO. The summed E-state index contributed by atoms with van der Waals surface area (Å²) >= 11 is 5.66. The van der Waals surface area contributed by atoms with Gasteiger partial charge in [0.2, 0.25) is 0 Å². The molecule has 1 aromatic carbocycles. The monoisotopic (exact) mass is 213 g/mol. The lowest BCUT2D eigenvalue weighted by molar-refractivity contribution is -0.119. The summed E-state index contributed by atoms with van der Waals surface area (Å²) in [6, 6.07) is 6.91. The van der Waals surface area contributed by atoms with Crippen molar-refractivity contribution in [3.05, 3.63) is 47.3 Å². The average Bonchev–Trinajstić information content (AvgIpc) is 2.16. The van der Waals surface area contributed by atoms with E-state index in [4.69, 9.17) is 11.6 Å². The number of hydrogen-bond donors (Lipinski definition) is 1. The highest BCUT2D eigenvalue weighted by atomic mass is 35.5. The Balaban J connectivity index is 2.50. The minimum atomic E-state index is -0.987. The molecule has 0 aliphatic rings. The predicted octanol–water partition coefficient (Wildman–Crippen LogP) is 2.44. The number of carbonyl (C=O) groups is 1. The fourth-order valence-corrected chi connectivity index (χ4v) is 1.01. The van der Waals surface area contributed by atoms with Crippen LogP contribution in [-0.2, 0) is 11.3 Å². The minimum Gasteiger partial charge on any atom is -0.346 e. The molecule has 0 heterocycles. The van der Waals surface area contributed by atoms with Crippen molar-refractivity contribution < 1.29 is 9.18 Å². The Morgan fingerprint density at radius 2 is 2.00 bits per heavy atom. The number of benzene rings is 1. The summed E-state index contributed by atoms with van der Waals surface area (Å²) in [5, 5.41) is 2.98. The Bertz CT molecular complexity index is 348. The smallest absolute Gasteiger partial charge is 0.279 e. The third-order valence-corrected chi connectivity index (χ3v) is 1.86. The number of amides is 1. The fourth-order valence-electron chi connectivity index (χ4n) is 0.881. The van der Waals surface area contributed by atoms with Crippen LogP contribution in [0.5, 0.6) is 0 Å². The highest BCUT2D eigenvalue weighted by Crippen LogP contribution is 2.09. The summed E-state index contributed by atoms with van der Waals surface area (Å²) in [6.45, 7) is 3.14. The maximum atomic E-state index is 12.2. The number of hydrogen-bond acceptors (Lipinski definition) is 1. The fraction of sp³-hybridized carbons (Fsp3) is 0.100. The van der Waals surface area contributed by atoms with E-state index >= 15 is 0 Å². The van der Waals surface area contributed by atoms with Gasteiger partial charge in [0.15, 0.2) is 5.83 Å². The molecule has 1 aromatic rings. The summed E-state index contributed by atoms with van der Waals surface area (Å²) in [4.78, 5) is 10.8. The van der Waals surface area contributed by atoms with Gasteiger partial charge in [-0.05, 0) is 17.7 Å². The largest absolute Gasteiger partial charge is 0.346 e. The van der Waals surface area contributed by atoms with Crippen molar-refractivity contribution in [3.63, 3.8) is 0 Å². The molecule has 0 spiro atoms. The van der Waals surface area contributed by atoms with Gasteiger partial charge in [0, 0.05) is 11.6 Å². The molecule has 0 saturated carbocycles. The number of halogens is 2.